The highest BCUT2D eigenvalue weighted by Crippen LogP contribution is 2.21. The fraction of sp³-hybridized carbons (Fsp3) is 0.409. The monoisotopic (exact) mass is 336 g/mol. The molecule has 132 valence electrons. The first kappa shape index (κ1) is 17.7. The van der Waals surface area contributed by atoms with Crippen LogP contribution in [0.3, 0.4) is 0 Å². The number of hydrogen-bond acceptors (Lipinski definition) is 2. The minimum absolute atomic E-state index is 0.0688. The molecule has 0 saturated carbocycles. The number of carbonyl (C=O) groups excluding carboxylic acids is 1. The normalized spacial score (nSPS) is 17.2. The number of likely N-dealkylation sites (tertiary alicyclic amines) is 1. The van der Waals surface area contributed by atoms with E-state index in [1.165, 1.54) is 11.1 Å². The van der Waals surface area contributed by atoms with Gasteiger partial charge < -0.3 is 5.32 Å². The largest absolute Gasteiger partial charge is 0.349 e. The molecule has 0 aromatic heterocycles. The van der Waals surface area contributed by atoms with Crippen LogP contribution in [0, 0.1) is 12.8 Å². The summed E-state index contributed by atoms with van der Waals surface area (Å²) in [5, 5.41) is 3.18. The highest BCUT2D eigenvalue weighted by molar-refractivity contribution is 5.79. The van der Waals surface area contributed by atoms with Gasteiger partial charge >= 0.3 is 0 Å². The maximum atomic E-state index is 12.6. The molecule has 25 heavy (non-hydrogen) atoms. The number of carbonyl (C=O) groups is 1. The molecule has 2 aromatic rings. The molecule has 3 heteroatoms. The fourth-order valence-electron chi connectivity index (χ4n) is 3.46. The van der Waals surface area contributed by atoms with Gasteiger partial charge in [-0.2, -0.15) is 0 Å². The van der Waals surface area contributed by atoms with Crippen molar-refractivity contribution < 1.29 is 4.79 Å². The van der Waals surface area contributed by atoms with E-state index in [2.05, 4.69) is 60.5 Å². The number of benzene rings is 2. The number of rotatable bonds is 5. The molecule has 1 amide bonds. The number of nitrogens with one attached hydrogen (secondary N) is 1. The Morgan fingerprint density at radius 2 is 1.72 bits per heavy atom. The van der Waals surface area contributed by atoms with E-state index in [0.717, 1.165) is 38.0 Å². The van der Waals surface area contributed by atoms with Crippen LogP contribution in [-0.2, 0) is 11.3 Å². The van der Waals surface area contributed by atoms with Gasteiger partial charge in [0.05, 0.1) is 6.04 Å². The molecule has 1 N–H and O–H groups in total. The molecule has 1 aliphatic heterocycles. The van der Waals surface area contributed by atoms with Crippen molar-refractivity contribution in [2.75, 3.05) is 13.1 Å². The van der Waals surface area contributed by atoms with Gasteiger partial charge in [0.1, 0.15) is 0 Å². The van der Waals surface area contributed by atoms with Crippen LogP contribution >= 0.6 is 0 Å². The lowest BCUT2D eigenvalue weighted by atomic mass is 9.95. The predicted molar refractivity (Wildman–Crippen MR) is 102 cm³/mol. The lowest BCUT2D eigenvalue weighted by Crippen LogP contribution is -2.40. The maximum absolute atomic E-state index is 12.6. The first-order chi connectivity index (χ1) is 12.1. The summed E-state index contributed by atoms with van der Waals surface area (Å²) in [7, 11) is 0. The van der Waals surface area contributed by atoms with Crippen LogP contribution in [-0.4, -0.2) is 23.9 Å². The van der Waals surface area contributed by atoms with Gasteiger partial charge in [-0.1, -0.05) is 60.2 Å². The van der Waals surface area contributed by atoms with E-state index in [9.17, 15) is 4.79 Å². The second kappa shape index (κ2) is 8.30. The van der Waals surface area contributed by atoms with E-state index >= 15 is 0 Å². The van der Waals surface area contributed by atoms with Crippen LogP contribution in [0.15, 0.2) is 54.6 Å². The summed E-state index contributed by atoms with van der Waals surface area (Å²) < 4.78 is 0. The van der Waals surface area contributed by atoms with Gasteiger partial charge in [-0.15, -0.1) is 0 Å². The van der Waals surface area contributed by atoms with E-state index in [-0.39, 0.29) is 17.9 Å². The van der Waals surface area contributed by atoms with Crippen molar-refractivity contribution in [1.82, 2.24) is 10.2 Å². The number of hydrogen-bond donors (Lipinski definition) is 1. The maximum Gasteiger partial charge on any atom is 0.223 e. The quantitative estimate of drug-likeness (QED) is 0.892. The Kier molecular flexibility index (Phi) is 5.87. The first-order valence-electron chi connectivity index (χ1n) is 9.25. The topological polar surface area (TPSA) is 32.3 Å². The minimum Gasteiger partial charge on any atom is -0.349 e. The van der Waals surface area contributed by atoms with E-state index in [1.807, 2.05) is 18.2 Å². The summed E-state index contributed by atoms with van der Waals surface area (Å²) >= 11 is 0. The number of aryl methyl sites for hydroxylation is 1. The summed E-state index contributed by atoms with van der Waals surface area (Å²) in [5.41, 5.74) is 3.81. The van der Waals surface area contributed by atoms with Crippen molar-refractivity contribution in [2.45, 2.75) is 39.3 Å². The van der Waals surface area contributed by atoms with Crippen LogP contribution in [0.2, 0.25) is 0 Å². The Morgan fingerprint density at radius 1 is 1.08 bits per heavy atom. The van der Waals surface area contributed by atoms with Crippen molar-refractivity contribution in [3.63, 3.8) is 0 Å². The summed E-state index contributed by atoms with van der Waals surface area (Å²) in [5.74, 6) is 0.340. The molecule has 0 aliphatic carbocycles. The van der Waals surface area contributed by atoms with Crippen LogP contribution in [0.25, 0.3) is 0 Å². The molecule has 1 fully saturated rings. The van der Waals surface area contributed by atoms with Crippen molar-refractivity contribution in [3.05, 3.63) is 71.3 Å². The van der Waals surface area contributed by atoms with E-state index in [1.54, 1.807) is 0 Å². The lowest BCUT2D eigenvalue weighted by Gasteiger charge is -2.32. The van der Waals surface area contributed by atoms with Crippen molar-refractivity contribution in [3.8, 4) is 0 Å². The molecule has 2 aromatic carbocycles. The third-order valence-electron chi connectivity index (χ3n) is 5.14. The number of piperidine rings is 1. The Hall–Kier alpha value is -2.13. The molecular weight excluding hydrogens is 308 g/mol. The van der Waals surface area contributed by atoms with Crippen LogP contribution in [0.1, 0.15) is 42.5 Å². The Balaban J connectivity index is 1.46. The molecule has 1 aliphatic rings. The molecule has 1 unspecified atom stereocenters. The molecule has 3 rings (SSSR count). The van der Waals surface area contributed by atoms with Gasteiger partial charge in [-0.25, -0.2) is 0 Å². The zero-order valence-corrected chi connectivity index (χ0v) is 15.2. The molecule has 3 nitrogen and oxygen atoms in total. The van der Waals surface area contributed by atoms with Crippen LogP contribution < -0.4 is 5.32 Å². The molecule has 0 spiro atoms. The van der Waals surface area contributed by atoms with E-state index in [0.29, 0.717) is 0 Å². The van der Waals surface area contributed by atoms with Gasteiger partial charge in [0.25, 0.3) is 0 Å². The Bertz CT molecular complexity index is 673. The summed E-state index contributed by atoms with van der Waals surface area (Å²) in [6.07, 6.45) is 1.89. The van der Waals surface area contributed by atoms with Crippen LogP contribution in [0.4, 0.5) is 0 Å². The Labute approximate surface area is 151 Å². The lowest BCUT2D eigenvalue weighted by molar-refractivity contribution is -0.127. The molecule has 0 radical (unpaired) electrons. The highest BCUT2D eigenvalue weighted by atomic mass is 16.1. The van der Waals surface area contributed by atoms with Crippen molar-refractivity contribution >= 4 is 5.91 Å². The van der Waals surface area contributed by atoms with Crippen molar-refractivity contribution in [1.29, 1.82) is 0 Å². The summed E-state index contributed by atoms with van der Waals surface area (Å²) in [4.78, 5) is 15.0. The van der Waals surface area contributed by atoms with Gasteiger partial charge in [0.2, 0.25) is 5.91 Å². The predicted octanol–water partition coefficient (Wildman–Crippen LogP) is 4.08. The molecule has 0 bridgehead atoms. The summed E-state index contributed by atoms with van der Waals surface area (Å²) in [6.45, 7) is 7.14. The highest BCUT2D eigenvalue weighted by Gasteiger charge is 2.25. The Morgan fingerprint density at radius 3 is 2.36 bits per heavy atom. The molecule has 1 saturated heterocycles. The number of nitrogens with zero attached hydrogens (tertiary/aromatic N) is 1. The third-order valence-corrected chi connectivity index (χ3v) is 5.14. The second-order valence-electron chi connectivity index (χ2n) is 7.18. The van der Waals surface area contributed by atoms with Crippen molar-refractivity contribution in [2.24, 2.45) is 5.92 Å². The first-order valence-corrected chi connectivity index (χ1v) is 9.25. The van der Waals surface area contributed by atoms with Gasteiger partial charge in [-0.3, -0.25) is 9.69 Å². The molecule has 1 atom stereocenters. The standard InChI is InChI=1S/C22H28N2O/c1-17-8-10-19(11-9-17)16-24-14-12-21(13-15-24)22(25)23-18(2)20-6-4-3-5-7-20/h3-11,18,21H,12-16H2,1-2H3,(H,23,25). The average Bonchev–Trinajstić information content (AvgIpc) is 2.65. The SMILES string of the molecule is Cc1ccc(CN2CCC(C(=O)NC(C)c3ccccc3)CC2)cc1. The van der Waals surface area contributed by atoms with E-state index in [4.69, 9.17) is 0 Å². The van der Waals surface area contributed by atoms with Crippen LogP contribution in [0.5, 0.6) is 0 Å². The number of amides is 1. The zero-order valence-electron chi connectivity index (χ0n) is 15.2. The zero-order chi connectivity index (χ0) is 17.6. The molecule has 1 heterocycles. The molecular formula is C22H28N2O. The second-order valence-corrected chi connectivity index (χ2v) is 7.18. The van der Waals surface area contributed by atoms with E-state index < -0.39 is 0 Å². The smallest absolute Gasteiger partial charge is 0.223 e. The van der Waals surface area contributed by atoms with Gasteiger partial charge in [-0.05, 0) is 50.9 Å². The van der Waals surface area contributed by atoms with Gasteiger partial charge in [0, 0.05) is 12.5 Å². The van der Waals surface area contributed by atoms with Gasteiger partial charge in [0.15, 0.2) is 0 Å². The fourth-order valence-corrected chi connectivity index (χ4v) is 3.46. The minimum atomic E-state index is 0.0688. The summed E-state index contributed by atoms with van der Waals surface area (Å²) in [6, 6.07) is 19.0. The third kappa shape index (κ3) is 4.93. The average molecular weight is 336 g/mol.